The molecule has 5 heteroatoms. The van der Waals surface area contributed by atoms with Crippen molar-refractivity contribution in [1.82, 2.24) is 0 Å². The van der Waals surface area contributed by atoms with Crippen LogP contribution >= 0.6 is 0 Å². The molecule has 1 aliphatic carbocycles. The van der Waals surface area contributed by atoms with Crippen molar-refractivity contribution in [3.63, 3.8) is 0 Å². The van der Waals surface area contributed by atoms with E-state index < -0.39 is 5.54 Å². The van der Waals surface area contributed by atoms with E-state index in [0.717, 1.165) is 31.2 Å². The predicted molar refractivity (Wildman–Crippen MR) is 72.3 cm³/mol. The normalized spacial score (nSPS) is 19.2. The van der Waals surface area contributed by atoms with Gasteiger partial charge in [-0.15, -0.1) is 0 Å². The fourth-order valence-electron chi connectivity index (χ4n) is 3.17. The first-order valence-corrected chi connectivity index (χ1v) is 6.87. The Hall–Kier alpha value is -2.00. The topological polar surface area (TPSA) is 57.1 Å². The lowest BCUT2D eigenvalue weighted by molar-refractivity contribution is 0.165. The first-order valence-electron chi connectivity index (χ1n) is 6.87. The van der Waals surface area contributed by atoms with E-state index in [0.29, 0.717) is 30.5 Å². The molecule has 1 saturated carbocycles. The number of hydrogen-bond donors (Lipinski definition) is 0. The summed E-state index contributed by atoms with van der Waals surface area (Å²) in [4.78, 5) is 15.0. The first kappa shape index (κ1) is 13.0. The van der Waals surface area contributed by atoms with Gasteiger partial charge >= 0.3 is 0 Å². The van der Waals surface area contributed by atoms with Gasteiger partial charge < -0.3 is 14.2 Å². The van der Waals surface area contributed by atoms with E-state index >= 15 is 0 Å². The molecule has 2 aliphatic rings. The average Bonchev–Trinajstić information content (AvgIpc) is 2.95. The molecular weight excluding hydrogens is 258 g/mol. The summed E-state index contributed by atoms with van der Waals surface area (Å²) in [6.07, 6.45) is 5.39. The Bertz CT molecular complexity index is 557. The van der Waals surface area contributed by atoms with Crippen molar-refractivity contribution >= 4 is 6.08 Å². The Morgan fingerprint density at radius 1 is 1.25 bits per heavy atom. The van der Waals surface area contributed by atoms with Crippen LogP contribution in [0.25, 0.3) is 0 Å². The van der Waals surface area contributed by atoms with Crippen molar-refractivity contribution in [1.29, 1.82) is 0 Å². The molecule has 0 atom stereocenters. The zero-order chi connectivity index (χ0) is 14.0. The number of ether oxygens (including phenoxy) is 3. The Morgan fingerprint density at radius 3 is 2.70 bits per heavy atom. The molecule has 3 rings (SSSR count). The largest absolute Gasteiger partial charge is 0.496 e. The second kappa shape index (κ2) is 5.17. The summed E-state index contributed by atoms with van der Waals surface area (Å²) < 4.78 is 16.9. The number of carbonyl (C=O) groups excluding carboxylic acids is 1. The highest BCUT2D eigenvalue weighted by Gasteiger charge is 2.42. The van der Waals surface area contributed by atoms with Gasteiger partial charge in [-0.25, -0.2) is 4.79 Å². The molecule has 0 unspecified atom stereocenters. The van der Waals surface area contributed by atoms with Crippen LogP contribution in [0.4, 0.5) is 0 Å². The molecule has 1 aliphatic heterocycles. The third-order valence-electron chi connectivity index (χ3n) is 4.05. The molecule has 0 radical (unpaired) electrons. The lowest BCUT2D eigenvalue weighted by Crippen LogP contribution is -2.25. The van der Waals surface area contributed by atoms with Crippen LogP contribution in [0, 0.1) is 0 Å². The summed E-state index contributed by atoms with van der Waals surface area (Å²) >= 11 is 0. The summed E-state index contributed by atoms with van der Waals surface area (Å²) in [5.41, 5.74) is 0.247. The Kier molecular flexibility index (Phi) is 3.36. The van der Waals surface area contributed by atoms with Gasteiger partial charge in [0.25, 0.3) is 0 Å². The van der Waals surface area contributed by atoms with Gasteiger partial charge in [-0.2, -0.15) is 4.99 Å². The van der Waals surface area contributed by atoms with Crippen molar-refractivity contribution < 1.29 is 19.0 Å². The number of isocyanates is 1. The number of fused-ring (bicyclic) bond motifs is 1. The lowest BCUT2D eigenvalue weighted by Gasteiger charge is -2.30. The summed E-state index contributed by atoms with van der Waals surface area (Å²) in [6.45, 7) is 1.02. The highest BCUT2D eigenvalue weighted by Crippen LogP contribution is 2.52. The van der Waals surface area contributed by atoms with Crippen LogP contribution in [0.1, 0.15) is 31.2 Å². The van der Waals surface area contributed by atoms with Gasteiger partial charge in [0.2, 0.25) is 6.08 Å². The monoisotopic (exact) mass is 275 g/mol. The minimum atomic E-state index is -0.584. The summed E-state index contributed by atoms with van der Waals surface area (Å²) in [6, 6.07) is 3.69. The van der Waals surface area contributed by atoms with E-state index in [2.05, 4.69) is 4.99 Å². The second-order valence-corrected chi connectivity index (χ2v) is 5.11. The predicted octanol–water partition coefficient (Wildman–Crippen LogP) is 2.57. The zero-order valence-corrected chi connectivity index (χ0v) is 11.5. The van der Waals surface area contributed by atoms with E-state index in [4.69, 9.17) is 14.2 Å². The average molecular weight is 275 g/mol. The van der Waals surface area contributed by atoms with Gasteiger partial charge in [-0.1, -0.05) is 12.8 Å². The van der Waals surface area contributed by atoms with Crippen LogP contribution in [-0.4, -0.2) is 26.4 Å². The molecule has 1 aromatic carbocycles. The van der Waals surface area contributed by atoms with Gasteiger partial charge in [0, 0.05) is 0 Å². The second-order valence-electron chi connectivity index (χ2n) is 5.11. The van der Waals surface area contributed by atoms with Gasteiger partial charge in [-0.05, 0) is 25.0 Å². The minimum Gasteiger partial charge on any atom is -0.496 e. The molecule has 1 aromatic rings. The summed E-state index contributed by atoms with van der Waals surface area (Å²) in [7, 11) is 1.61. The molecular formula is C15H17NO4. The number of rotatable bonds is 3. The third-order valence-corrected chi connectivity index (χ3v) is 4.05. The van der Waals surface area contributed by atoms with Crippen molar-refractivity contribution in [2.24, 2.45) is 4.99 Å². The van der Waals surface area contributed by atoms with Gasteiger partial charge in [0.15, 0.2) is 11.5 Å². The number of aliphatic imine (C=N–C) groups is 1. The van der Waals surface area contributed by atoms with Crippen molar-refractivity contribution in [2.45, 2.75) is 31.2 Å². The number of hydrogen-bond acceptors (Lipinski definition) is 5. The molecule has 106 valence electrons. The van der Waals surface area contributed by atoms with Gasteiger partial charge in [0.1, 0.15) is 24.5 Å². The minimum absolute atomic E-state index is 0.494. The molecule has 20 heavy (non-hydrogen) atoms. The van der Waals surface area contributed by atoms with Crippen molar-refractivity contribution in [3.05, 3.63) is 17.7 Å². The maximum absolute atomic E-state index is 10.9. The van der Waals surface area contributed by atoms with Crippen LogP contribution in [-0.2, 0) is 10.3 Å². The zero-order valence-electron chi connectivity index (χ0n) is 11.5. The fourth-order valence-corrected chi connectivity index (χ4v) is 3.17. The lowest BCUT2D eigenvalue weighted by atomic mass is 9.87. The molecule has 1 heterocycles. The van der Waals surface area contributed by atoms with Crippen molar-refractivity contribution in [3.8, 4) is 17.2 Å². The Balaban J connectivity index is 2.22. The maximum atomic E-state index is 10.9. The smallest absolute Gasteiger partial charge is 0.235 e. The molecule has 0 amide bonds. The van der Waals surface area contributed by atoms with Gasteiger partial charge in [0.05, 0.1) is 12.7 Å². The molecule has 1 fully saturated rings. The number of nitrogens with zero attached hydrogens (tertiary/aromatic N) is 1. The SMILES string of the molecule is COc1ccc2c(c1C1(N=C=O)CCCC1)OCCO2. The van der Waals surface area contributed by atoms with E-state index in [1.807, 2.05) is 12.1 Å². The van der Waals surface area contributed by atoms with E-state index in [1.54, 1.807) is 13.2 Å². The van der Waals surface area contributed by atoms with E-state index in [-0.39, 0.29) is 0 Å². The number of methoxy groups -OCH3 is 1. The summed E-state index contributed by atoms with van der Waals surface area (Å²) in [5, 5.41) is 0. The van der Waals surface area contributed by atoms with E-state index in [9.17, 15) is 4.79 Å². The Morgan fingerprint density at radius 2 is 2.00 bits per heavy atom. The Labute approximate surface area is 117 Å². The molecule has 0 spiro atoms. The first-order chi connectivity index (χ1) is 9.80. The molecule has 0 N–H and O–H groups in total. The third kappa shape index (κ3) is 1.95. The number of benzene rings is 1. The molecule has 0 aromatic heterocycles. The van der Waals surface area contributed by atoms with Crippen LogP contribution in [0.5, 0.6) is 17.2 Å². The van der Waals surface area contributed by atoms with Gasteiger partial charge in [-0.3, -0.25) is 0 Å². The highest BCUT2D eigenvalue weighted by atomic mass is 16.6. The van der Waals surface area contributed by atoms with Crippen LogP contribution < -0.4 is 14.2 Å². The van der Waals surface area contributed by atoms with Crippen LogP contribution in [0.3, 0.4) is 0 Å². The molecule has 5 nitrogen and oxygen atoms in total. The molecule has 0 saturated heterocycles. The quantitative estimate of drug-likeness (QED) is 0.628. The highest BCUT2D eigenvalue weighted by molar-refractivity contribution is 5.59. The fraction of sp³-hybridized carbons (Fsp3) is 0.533. The molecule has 0 bridgehead atoms. The summed E-state index contributed by atoms with van der Waals surface area (Å²) in [5.74, 6) is 2.05. The van der Waals surface area contributed by atoms with Crippen molar-refractivity contribution in [2.75, 3.05) is 20.3 Å². The van der Waals surface area contributed by atoms with E-state index in [1.165, 1.54) is 0 Å². The van der Waals surface area contributed by atoms with Crippen LogP contribution in [0.15, 0.2) is 17.1 Å². The maximum Gasteiger partial charge on any atom is 0.235 e. The standard InChI is InChI=1S/C15H17NO4/c1-18-11-4-5-12-14(20-9-8-19-12)13(11)15(16-10-17)6-2-3-7-15/h4-5H,2-3,6-9H2,1H3. The van der Waals surface area contributed by atoms with Crippen LogP contribution in [0.2, 0.25) is 0 Å².